The van der Waals surface area contributed by atoms with Gasteiger partial charge in [0.25, 0.3) is 0 Å². The monoisotopic (exact) mass is 556 g/mol. The Morgan fingerprint density at radius 3 is 2.15 bits per heavy atom. The first kappa shape index (κ1) is 31.3. The molecule has 2 aliphatic heterocycles. The van der Waals surface area contributed by atoms with Crippen LogP contribution in [0.2, 0.25) is 0 Å². The zero-order chi connectivity index (χ0) is 28.2. The van der Waals surface area contributed by atoms with Crippen LogP contribution < -0.4 is 10.2 Å². The Labute approximate surface area is 237 Å². The van der Waals surface area contributed by atoms with Crippen LogP contribution in [0.5, 0.6) is 0 Å². The molecule has 2 heterocycles. The van der Waals surface area contributed by atoms with E-state index in [0.717, 1.165) is 38.4 Å². The van der Waals surface area contributed by atoms with Gasteiger partial charge in [0.2, 0.25) is 5.91 Å². The lowest BCUT2D eigenvalue weighted by molar-refractivity contribution is -0.137. The number of anilines is 2. The van der Waals surface area contributed by atoms with Crippen LogP contribution in [0.3, 0.4) is 0 Å². The average molecular weight is 557 g/mol. The molecule has 1 N–H and O–H groups in total. The maximum atomic E-state index is 13.3. The molecule has 0 aromatic heterocycles. The highest BCUT2D eigenvalue weighted by Gasteiger charge is 2.34. The van der Waals surface area contributed by atoms with E-state index in [1.165, 1.54) is 23.4 Å². The summed E-state index contributed by atoms with van der Waals surface area (Å²) in [6, 6.07) is 14.2. The molecule has 2 aromatic carbocycles. The summed E-state index contributed by atoms with van der Waals surface area (Å²) in [5.41, 5.74) is 1.80. The summed E-state index contributed by atoms with van der Waals surface area (Å²) in [4.78, 5) is 17.2. The summed E-state index contributed by atoms with van der Waals surface area (Å²) < 4.78 is 39.8. The van der Waals surface area contributed by atoms with Crippen molar-refractivity contribution in [3.63, 3.8) is 0 Å². The van der Waals surface area contributed by atoms with E-state index >= 15 is 0 Å². The van der Waals surface area contributed by atoms with Crippen molar-refractivity contribution in [1.29, 1.82) is 5.26 Å². The molecule has 2 saturated heterocycles. The van der Waals surface area contributed by atoms with Crippen molar-refractivity contribution >= 4 is 17.3 Å². The van der Waals surface area contributed by atoms with E-state index in [4.69, 9.17) is 5.26 Å². The second kappa shape index (κ2) is 13.0. The standard InChI is InChI=1S/C31H39F3N4O.CH4/c1-30(2,3)24-6-9-27(10-7-24)37-16-12-22(13-17-37)4-11-29(39)38-18-14-25(15-19-38)36-26-8-5-23(21-35)28(20-26)31(32,33)34;/h5-10,20,22,25,36H,4,11-19H2,1-3H3;1H4. The average Bonchev–Trinajstić information content (AvgIpc) is 2.91. The van der Waals surface area contributed by atoms with Crippen LogP contribution in [-0.4, -0.2) is 43.0 Å². The normalized spacial score (nSPS) is 17.2. The van der Waals surface area contributed by atoms with Crippen LogP contribution in [0, 0.1) is 17.2 Å². The van der Waals surface area contributed by atoms with Gasteiger partial charge in [0, 0.05) is 50.0 Å². The third-order valence-corrected chi connectivity index (χ3v) is 8.14. The highest BCUT2D eigenvalue weighted by molar-refractivity contribution is 5.76. The van der Waals surface area contributed by atoms with Gasteiger partial charge in [0.05, 0.1) is 17.2 Å². The second-order valence-electron chi connectivity index (χ2n) is 11.9. The van der Waals surface area contributed by atoms with Crippen LogP contribution in [0.15, 0.2) is 42.5 Å². The first-order chi connectivity index (χ1) is 18.4. The first-order valence-electron chi connectivity index (χ1n) is 13.9. The Kier molecular flexibility index (Phi) is 10.2. The second-order valence-corrected chi connectivity index (χ2v) is 11.9. The van der Waals surface area contributed by atoms with Gasteiger partial charge in [-0.3, -0.25) is 4.79 Å². The molecule has 0 bridgehead atoms. The van der Waals surface area contributed by atoms with Gasteiger partial charge in [-0.05, 0) is 79.3 Å². The summed E-state index contributed by atoms with van der Waals surface area (Å²) in [6.07, 6.45) is 0.411. The van der Waals surface area contributed by atoms with Crippen molar-refractivity contribution in [2.75, 3.05) is 36.4 Å². The number of alkyl halides is 3. The van der Waals surface area contributed by atoms with Crippen molar-refractivity contribution < 1.29 is 18.0 Å². The van der Waals surface area contributed by atoms with Crippen molar-refractivity contribution in [3.8, 4) is 6.07 Å². The molecule has 5 nitrogen and oxygen atoms in total. The number of hydrogen-bond acceptors (Lipinski definition) is 4. The molecule has 2 fully saturated rings. The minimum absolute atomic E-state index is 0. The Morgan fingerprint density at radius 2 is 1.60 bits per heavy atom. The minimum Gasteiger partial charge on any atom is -0.382 e. The van der Waals surface area contributed by atoms with E-state index in [1.54, 1.807) is 6.07 Å². The highest BCUT2D eigenvalue weighted by Crippen LogP contribution is 2.34. The lowest BCUT2D eigenvalue weighted by Crippen LogP contribution is -2.42. The van der Waals surface area contributed by atoms with Gasteiger partial charge in [-0.2, -0.15) is 18.4 Å². The van der Waals surface area contributed by atoms with E-state index < -0.39 is 11.7 Å². The summed E-state index contributed by atoms with van der Waals surface area (Å²) in [5.74, 6) is 0.726. The zero-order valence-corrected chi connectivity index (χ0v) is 23.2. The quantitative estimate of drug-likeness (QED) is 0.398. The van der Waals surface area contributed by atoms with E-state index in [1.807, 2.05) is 4.90 Å². The molecule has 0 spiro atoms. The SMILES string of the molecule is C.CC(C)(C)c1ccc(N2CCC(CCC(=O)N3CCC(Nc4ccc(C#N)c(C(F)(F)F)c4)CC3)CC2)cc1. The Morgan fingerprint density at radius 1 is 0.975 bits per heavy atom. The van der Waals surface area contributed by atoms with Gasteiger partial charge < -0.3 is 15.1 Å². The van der Waals surface area contributed by atoms with Crippen LogP contribution in [0.25, 0.3) is 0 Å². The largest absolute Gasteiger partial charge is 0.417 e. The molecule has 0 unspecified atom stereocenters. The fraction of sp³-hybridized carbons (Fsp3) is 0.562. The van der Waals surface area contributed by atoms with E-state index in [2.05, 4.69) is 55.3 Å². The lowest BCUT2D eigenvalue weighted by Gasteiger charge is -2.35. The molecule has 0 atom stereocenters. The lowest BCUT2D eigenvalue weighted by atomic mass is 9.87. The number of nitriles is 1. The van der Waals surface area contributed by atoms with Gasteiger partial charge in [-0.1, -0.05) is 40.3 Å². The summed E-state index contributed by atoms with van der Waals surface area (Å²) in [6.45, 7) is 9.89. The predicted molar refractivity (Wildman–Crippen MR) is 155 cm³/mol. The molecular formula is C32H43F3N4O. The molecule has 40 heavy (non-hydrogen) atoms. The zero-order valence-electron chi connectivity index (χ0n) is 23.2. The number of benzene rings is 2. The Bertz CT molecular complexity index is 1160. The number of likely N-dealkylation sites (tertiary alicyclic amines) is 1. The molecule has 4 rings (SSSR count). The number of hydrogen-bond donors (Lipinski definition) is 1. The van der Waals surface area contributed by atoms with Crippen LogP contribution in [-0.2, 0) is 16.4 Å². The minimum atomic E-state index is -4.58. The molecule has 218 valence electrons. The maximum Gasteiger partial charge on any atom is 0.417 e. The number of piperidine rings is 2. The topological polar surface area (TPSA) is 59.4 Å². The number of nitrogens with one attached hydrogen (secondary N) is 1. The third kappa shape index (κ3) is 7.93. The Balaban J connectivity index is 0.00000441. The number of amides is 1. The predicted octanol–water partition coefficient (Wildman–Crippen LogP) is 7.61. The summed E-state index contributed by atoms with van der Waals surface area (Å²) in [5, 5.41) is 12.1. The molecule has 1 amide bonds. The van der Waals surface area contributed by atoms with Gasteiger partial charge in [0.1, 0.15) is 0 Å². The molecular weight excluding hydrogens is 513 g/mol. The van der Waals surface area contributed by atoms with Crippen molar-refractivity contribution in [3.05, 3.63) is 59.2 Å². The molecule has 0 aliphatic carbocycles. The molecule has 2 aromatic rings. The number of halogens is 3. The number of rotatable bonds is 6. The molecule has 0 saturated carbocycles. The van der Waals surface area contributed by atoms with Crippen molar-refractivity contribution in [2.24, 2.45) is 5.92 Å². The fourth-order valence-electron chi connectivity index (χ4n) is 5.61. The van der Waals surface area contributed by atoms with Gasteiger partial charge in [-0.25, -0.2) is 0 Å². The number of carbonyl (C=O) groups is 1. The summed E-state index contributed by atoms with van der Waals surface area (Å²) in [7, 11) is 0. The smallest absolute Gasteiger partial charge is 0.382 e. The summed E-state index contributed by atoms with van der Waals surface area (Å²) >= 11 is 0. The number of carbonyl (C=O) groups excluding carboxylic acids is 1. The molecule has 8 heteroatoms. The van der Waals surface area contributed by atoms with E-state index in [-0.39, 0.29) is 30.4 Å². The highest BCUT2D eigenvalue weighted by atomic mass is 19.4. The first-order valence-corrected chi connectivity index (χ1v) is 13.9. The van der Waals surface area contributed by atoms with Crippen LogP contribution >= 0.6 is 0 Å². The van der Waals surface area contributed by atoms with Crippen molar-refractivity contribution in [2.45, 2.75) is 84.4 Å². The Hall–Kier alpha value is -3.21. The van der Waals surface area contributed by atoms with Gasteiger partial charge >= 0.3 is 6.18 Å². The third-order valence-electron chi connectivity index (χ3n) is 8.14. The van der Waals surface area contributed by atoms with Crippen LogP contribution in [0.4, 0.5) is 24.5 Å². The van der Waals surface area contributed by atoms with E-state index in [9.17, 15) is 18.0 Å². The molecule has 0 radical (unpaired) electrons. The fourth-order valence-corrected chi connectivity index (χ4v) is 5.61. The van der Waals surface area contributed by atoms with Crippen LogP contribution in [0.1, 0.15) is 83.4 Å². The molecule has 2 aliphatic rings. The van der Waals surface area contributed by atoms with Gasteiger partial charge in [-0.15, -0.1) is 0 Å². The number of nitrogens with zero attached hydrogens (tertiary/aromatic N) is 3. The van der Waals surface area contributed by atoms with Crippen molar-refractivity contribution in [1.82, 2.24) is 4.90 Å². The van der Waals surface area contributed by atoms with E-state index in [0.29, 0.717) is 44.0 Å². The van der Waals surface area contributed by atoms with Gasteiger partial charge in [0.15, 0.2) is 0 Å². The maximum absolute atomic E-state index is 13.3.